The first-order valence-electron chi connectivity index (χ1n) is 7.26. The van der Waals surface area contributed by atoms with Crippen molar-refractivity contribution >= 4 is 5.91 Å². The van der Waals surface area contributed by atoms with Crippen molar-refractivity contribution in [3.63, 3.8) is 0 Å². The maximum Gasteiger partial charge on any atom is 0.254 e. The van der Waals surface area contributed by atoms with Gasteiger partial charge in [-0.25, -0.2) is 9.07 Å². The molecule has 1 aliphatic rings. The number of carbonyl (C=O) groups excluding carboxylic acids is 1. The predicted octanol–water partition coefficient (Wildman–Crippen LogP) is 1.84. The van der Waals surface area contributed by atoms with E-state index in [9.17, 15) is 9.18 Å². The van der Waals surface area contributed by atoms with E-state index < -0.39 is 5.82 Å². The molecule has 1 amide bonds. The van der Waals surface area contributed by atoms with Crippen molar-refractivity contribution in [1.29, 1.82) is 0 Å². The number of benzene rings is 1. The monoisotopic (exact) mass is 303 g/mol. The number of carbonyl (C=O) groups is 1. The molecule has 1 fully saturated rings. The van der Waals surface area contributed by atoms with Crippen molar-refractivity contribution in [2.45, 2.75) is 26.3 Å². The highest BCUT2D eigenvalue weighted by Crippen LogP contribution is 2.23. The Balaban J connectivity index is 1.89. The van der Waals surface area contributed by atoms with Crippen LogP contribution in [-0.4, -0.2) is 44.9 Å². The molecule has 1 saturated heterocycles. The molecule has 2 aromatic rings. The lowest BCUT2D eigenvalue weighted by Crippen LogP contribution is -2.52. The third kappa shape index (κ3) is 2.39. The molecule has 6 heteroatoms. The molecule has 1 aromatic carbocycles. The molecule has 0 radical (unpaired) electrons. The van der Waals surface area contributed by atoms with Gasteiger partial charge in [0, 0.05) is 17.8 Å². The van der Waals surface area contributed by atoms with Crippen LogP contribution in [0.5, 0.6) is 0 Å². The number of hydrogen-bond acceptors (Lipinski definition) is 3. The number of aromatic nitrogens is 2. The van der Waals surface area contributed by atoms with Crippen LogP contribution < -0.4 is 0 Å². The van der Waals surface area contributed by atoms with E-state index in [2.05, 4.69) is 5.10 Å². The molecule has 0 aliphatic carbocycles. The lowest BCUT2D eigenvalue weighted by atomic mass is 10.0. The van der Waals surface area contributed by atoms with Crippen LogP contribution in [0.3, 0.4) is 0 Å². The van der Waals surface area contributed by atoms with Crippen molar-refractivity contribution in [3.05, 3.63) is 47.0 Å². The molecule has 0 saturated carbocycles. The first-order chi connectivity index (χ1) is 10.5. The van der Waals surface area contributed by atoms with Gasteiger partial charge in [-0.3, -0.25) is 4.79 Å². The molecule has 2 heterocycles. The van der Waals surface area contributed by atoms with Gasteiger partial charge in [0.25, 0.3) is 5.91 Å². The first-order valence-corrected chi connectivity index (χ1v) is 7.26. The molecule has 1 unspecified atom stereocenters. The average molecular weight is 303 g/mol. The first kappa shape index (κ1) is 14.7. The normalized spacial score (nSPS) is 17.5. The van der Waals surface area contributed by atoms with Crippen molar-refractivity contribution in [1.82, 2.24) is 14.7 Å². The standard InChI is InChI=1S/C16H18FN3O2/c1-10-7-11(2)20(18-10)15-4-3-12(8-14(15)17)16(22)19-6-5-13(19)9-21/h3-4,7-8,13,21H,5-6,9H2,1-2H3. The number of aliphatic hydroxyl groups excluding tert-OH is 1. The van der Waals surface area contributed by atoms with E-state index in [1.54, 1.807) is 17.0 Å². The lowest BCUT2D eigenvalue weighted by molar-refractivity contribution is 0.0295. The fraction of sp³-hybridized carbons (Fsp3) is 0.375. The van der Waals surface area contributed by atoms with E-state index >= 15 is 0 Å². The molecule has 5 nitrogen and oxygen atoms in total. The van der Waals surface area contributed by atoms with E-state index in [0.717, 1.165) is 17.8 Å². The van der Waals surface area contributed by atoms with Crippen molar-refractivity contribution in [3.8, 4) is 5.69 Å². The molecule has 1 aromatic heterocycles. The summed E-state index contributed by atoms with van der Waals surface area (Å²) in [5, 5.41) is 13.4. The molecule has 22 heavy (non-hydrogen) atoms. The van der Waals surface area contributed by atoms with Crippen LogP contribution in [0.4, 0.5) is 4.39 Å². The highest BCUT2D eigenvalue weighted by Gasteiger charge is 2.32. The summed E-state index contributed by atoms with van der Waals surface area (Å²) in [7, 11) is 0. The van der Waals surface area contributed by atoms with E-state index in [4.69, 9.17) is 5.11 Å². The zero-order valence-electron chi connectivity index (χ0n) is 12.6. The SMILES string of the molecule is Cc1cc(C)n(-c2ccc(C(=O)N3CCC3CO)cc2F)n1. The Kier molecular flexibility index (Phi) is 3.70. The number of likely N-dealkylation sites (tertiary alicyclic amines) is 1. The lowest BCUT2D eigenvalue weighted by Gasteiger charge is -2.39. The summed E-state index contributed by atoms with van der Waals surface area (Å²) in [5.74, 6) is -0.734. The van der Waals surface area contributed by atoms with Gasteiger partial charge >= 0.3 is 0 Å². The minimum Gasteiger partial charge on any atom is -0.394 e. The maximum atomic E-state index is 14.4. The molecule has 0 bridgehead atoms. The van der Waals surface area contributed by atoms with Gasteiger partial charge in [0.05, 0.1) is 18.3 Å². The summed E-state index contributed by atoms with van der Waals surface area (Å²) in [6, 6.07) is 6.12. The van der Waals surface area contributed by atoms with Gasteiger partial charge in [0.1, 0.15) is 11.5 Å². The second-order valence-electron chi connectivity index (χ2n) is 5.63. The van der Waals surface area contributed by atoms with Gasteiger partial charge in [0.15, 0.2) is 0 Å². The molecule has 0 spiro atoms. The van der Waals surface area contributed by atoms with Crippen LogP contribution in [0.15, 0.2) is 24.3 Å². The van der Waals surface area contributed by atoms with Crippen LogP contribution in [0.2, 0.25) is 0 Å². The molecule has 116 valence electrons. The smallest absolute Gasteiger partial charge is 0.254 e. The van der Waals surface area contributed by atoms with Gasteiger partial charge in [-0.2, -0.15) is 5.10 Å². The topological polar surface area (TPSA) is 58.4 Å². The zero-order valence-corrected chi connectivity index (χ0v) is 12.6. The summed E-state index contributed by atoms with van der Waals surface area (Å²) in [4.78, 5) is 13.9. The van der Waals surface area contributed by atoms with Gasteiger partial charge in [-0.05, 0) is 44.5 Å². The Morgan fingerprint density at radius 1 is 1.41 bits per heavy atom. The molecule has 3 rings (SSSR count). The predicted molar refractivity (Wildman–Crippen MR) is 79.5 cm³/mol. The van der Waals surface area contributed by atoms with Crippen LogP contribution >= 0.6 is 0 Å². The molecule has 1 atom stereocenters. The number of amides is 1. The number of aliphatic hydroxyl groups is 1. The Morgan fingerprint density at radius 2 is 2.18 bits per heavy atom. The highest BCUT2D eigenvalue weighted by atomic mass is 19.1. The van der Waals surface area contributed by atoms with E-state index in [1.165, 1.54) is 10.7 Å². The quantitative estimate of drug-likeness (QED) is 0.941. The fourth-order valence-electron chi connectivity index (χ4n) is 2.75. The van der Waals surface area contributed by atoms with Crippen molar-refractivity contribution in [2.75, 3.05) is 13.2 Å². The fourth-order valence-corrected chi connectivity index (χ4v) is 2.75. The molecular formula is C16H18FN3O2. The van der Waals surface area contributed by atoms with Crippen LogP contribution in [0, 0.1) is 19.7 Å². The summed E-state index contributed by atoms with van der Waals surface area (Å²) in [5.41, 5.74) is 2.26. The average Bonchev–Trinajstić information content (AvgIpc) is 2.76. The highest BCUT2D eigenvalue weighted by molar-refractivity contribution is 5.95. The summed E-state index contributed by atoms with van der Waals surface area (Å²) in [6.07, 6.45) is 0.786. The Hall–Kier alpha value is -2.21. The summed E-state index contributed by atoms with van der Waals surface area (Å²) >= 11 is 0. The van der Waals surface area contributed by atoms with Gasteiger partial charge in [0.2, 0.25) is 0 Å². The Labute approximate surface area is 128 Å². The second kappa shape index (κ2) is 5.53. The zero-order chi connectivity index (χ0) is 15.9. The number of rotatable bonds is 3. The van der Waals surface area contributed by atoms with Crippen LogP contribution in [0.1, 0.15) is 28.2 Å². The summed E-state index contributed by atoms with van der Waals surface area (Å²) < 4.78 is 15.9. The van der Waals surface area contributed by atoms with Crippen LogP contribution in [0.25, 0.3) is 5.69 Å². The third-order valence-corrected chi connectivity index (χ3v) is 4.05. The van der Waals surface area contributed by atoms with E-state index in [1.807, 2.05) is 19.9 Å². The van der Waals surface area contributed by atoms with E-state index in [-0.39, 0.29) is 18.6 Å². The number of hydrogen-bond donors (Lipinski definition) is 1. The van der Waals surface area contributed by atoms with Gasteiger partial charge in [-0.15, -0.1) is 0 Å². The van der Waals surface area contributed by atoms with Gasteiger partial charge in [-0.1, -0.05) is 0 Å². The van der Waals surface area contributed by atoms with Crippen molar-refractivity contribution < 1.29 is 14.3 Å². The van der Waals surface area contributed by atoms with E-state index in [0.29, 0.717) is 17.8 Å². The number of halogens is 1. The summed E-state index contributed by atoms with van der Waals surface area (Å²) in [6.45, 7) is 4.24. The van der Waals surface area contributed by atoms with Gasteiger partial charge < -0.3 is 10.0 Å². The molecule has 1 N–H and O–H groups in total. The maximum absolute atomic E-state index is 14.4. The Morgan fingerprint density at radius 3 is 2.68 bits per heavy atom. The minimum absolute atomic E-state index is 0.0575. The minimum atomic E-state index is -0.488. The Bertz CT molecular complexity index is 724. The third-order valence-electron chi connectivity index (χ3n) is 4.05. The second-order valence-corrected chi connectivity index (χ2v) is 5.63. The number of aryl methyl sites for hydroxylation is 2. The molecule has 1 aliphatic heterocycles. The van der Waals surface area contributed by atoms with Crippen LogP contribution in [-0.2, 0) is 0 Å². The number of nitrogens with zero attached hydrogens (tertiary/aromatic N) is 3. The molecular weight excluding hydrogens is 285 g/mol. The largest absolute Gasteiger partial charge is 0.394 e. The van der Waals surface area contributed by atoms with Crippen molar-refractivity contribution in [2.24, 2.45) is 0 Å².